The van der Waals surface area contributed by atoms with Crippen molar-refractivity contribution in [3.05, 3.63) is 81.8 Å². The van der Waals surface area contributed by atoms with Crippen LogP contribution >= 0.6 is 35.0 Å². The topological polar surface area (TPSA) is 29.1 Å². The van der Waals surface area contributed by atoms with E-state index in [1.807, 2.05) is 42.5 Å². The van der Waals surface area contributed by atoms with Gasteiger partial charge in [0.25, 0.3) is 0 Å². The van der Waals surface area contributed by atoms with E-state index in [-0.39, 0.29) is 5.91 Å². The first-order chi connectivity index (χ1) is 12.1. The highest BCUT2D eigenvalue weighted by Gasteiger charge is 2.08. The molecule has 1 amide bonds. The van der Waals surface area contributed by atoms with Crippen LogP contribution in [0.1, 0.15) is 11.1 Å². The van der Waals surface area contributed by atoms with Crippen LogP contribution in [-0.4, -0.2) is 11.7 Å². The molecule has 0 heterocycles. The molecule has 0 aliphatic rings. The second kappa shape index (κ2) is 8.61. The number of hydrogen-bond donors (Lipinski definition) is 1. The van der Waals surface area contributed by atoms with Crippen molar-refractivity contribution >= 4 is 51.6 Å². The Bertz CT molecular complexity index is 872. The van der Waals surface area contributed by atoms with Crippen LogP contribution in [0.25, 0.3) is 10.8 Å². The monoisotopic (exact) mass is 389 g/mol. The van der Waals surface area contributed by atoms with E-state index < -0.39 is 0 Å². The lowest BCUT2D eigenvalue weighted by atomic mass is 10.0. The van der Waals surface area contributed by atoms with Crippen molar-refractivity contribution in [1.29, 1.82) is 0 Å². The van der Waals surface area contributed by atoms with Crippen molar-refractivity contribution in [3.63, 3.8) is 0 Å². The molecular formula is C20H17Cl2NOS. The van der Waals surface area contributed by atoms with Gasteiger partial charge >= 0.3 is 0 Å². The van der Waals surface area contributed by atoms with Crippen molar-refractivity contribution in [1.82, 2.24) is 5.32 Å². The number of nitrogens with one attached hydrogen (secondary N) is 1. The molecule has 2 nitrogen and oxygen atoms in total. The molecule has 1 N–H and O–H groups in total. The molecule has 0 bridgehead atoms. The zero-order valence-electron chi connectivity index (χ0n) is 13.5. The fourth-order valence-electron chi connectivity index (χ4n) is 2.61. The van der Waals surface area contributed by atoms with Crippen LogP contribution in [0.2, 0.25) is 10.0 Å². The maximum absolute atomic E-state index is 12.1. The Morgan fingerprint density at radius 2 is 1.60 bits per heavy atom. The van der Waals surface area contributed by atoms with Gasteiger partial charge in [0.1, 0.15) is 0 Å². The fourth-order valence-corrected chi connectivity index (χ4v) is 4.20. The predicted octanol–water partition coefficient (Wildman–Crippen LogP) is 5.70. The standard InChI is InChI=1S/C20H17Cl2NOS/c21-18-9-4-10-19(22)17(18)12-25-13-20(24)23-11-15-7-3-6-14-5-1-2-8-16(14)15/h1-10H,11-13H2,(H,23,24). The molecule has 3 aromatic carbocycles. The summed E-state index contributed by atoms with van der Waals surface area (Å²) in [4.78, 5) is 12.1. The summed E-state index contributed by atoms with van der Waals surface area (Å²) in [6.45, 7) is 0.521. The van der Waals surface area contributed by atoms with Gasteiger partial charge in [-0.05, 0) is 34.0 Å². The van der Waals surface area contributed by atoms with Crippen molar-refractivity contribution in [2.45, 2.75) is 12.3 Å². The molecule has 0 spiro atoms. The Balaban J connectivity index is 1.53. The average Bonchev–Trinajstić information content (AvgIpc) is 2.62. The van der Waals surface area contributed by atoms with E-state index in [0.717, 1.165) is 11.1 Å². The first-order valence-corrected chi connectivity index (χ1v) is 9.80. The van der Waals surface area contributed by atoms with Gasteiger partial charge in [0.2, 0.25) is 5.91 Å². The predicted molar refractivity (Wildman–Crippen MR) is 108 cm³/mol. The molecule has 0 aliphatic carbocycles. The van der Waals surface area contributed by atoms with E-state index in [1.165, 1.54) is 22.5 Å². The summed E-state index contributed by atoms with van der Waals surface area (Å²) >= 11 is 13.8. The van der Waals surface area contributed by atoms with E-state index in [9.17, 15) is 4.79 Å². The van der Waals surface area contributed by atoms with Crippen molar-refractivity contribution in [3.8, 4) is 0 Å². The van der Waals surface area contributed by atoms with E-state index in [0.29, 0.717) is 28.1 Å². The summed E-state index contributed by atoms with van der Waals surface area (Å²) in [6, 6.07) is 19.7. The van der Waals surface area contributed by atoms with Gasteiger partial charge in [-0.3, -0.25) is 4.79 Å². The maximum atomic E-state index is 12.1. The number of halogens is 2. The summed E-state index contributed by atoms with van der Waals surface area (Å²) in [5.41, 5.74) is 1.99. The Kier molecular flexibility index (Phi) is 6.24. The number of carbonyl (C=O) groups excluding carboxylic acids is 1. The first kappa shape index (κ1) is 18.1. The highest BCUT2D eigenvalue weighted by Crippen LogP contribution is 2.28. The lowest BCUT2D eigenvalue weighted by Gasteiger charge is -2.09. The minimum atomic E-state index is 0.00103. The molecule has 0 aliphatic heterocycles. The Hall–Kier alpha value is -1.68. The minimum Gasteiger partial charge on any atom is -0.351 e. The summed E-state index contributed by atoms with van der Waals surface area (Å²) in [6.07, 6.45) is 0. The summed E-state index contributed by atoms with van der Waals surface area (Å²) in [5, 5.41) is 6.60. The quantitative estimate of drug-likeness (QED) is 0.585. The number of hydrogen-bond acceptors (Lipinski definition) is 2. The molecule has 25 heavy (non-hydrogen) atoms. The van der Waals surface area contributed by atoms with Gasteiger partial charge in [-0.15, -0.1) is 11.8 Å². The molecule has 0 fully saturated rings. The van der Waals surface area contributed by atoms with Gasteiger partial charge in [0.15, 0.2) is 0 Å². The zero-order valence-corrected chi connectivity index (χ0v) is 15.8. The van der Waals surface area contributed by atoms with Gasteiger partial charge < -0.3 is 5.32 Å². The van der Waals surface area contributed by atoms with E-state index >= 15 is 0 Å². The van der Waals surface area contributed by atoms with E-state index in [1.54, 1.807) is 0 Å². The Morgan fingerprint density at radius 1 is 0.920 bits per heavy atom. The summed E-state index contributed by atoms with van der Waals surface area (Å²) in [5.74, 6) is 0.980. The van der Waals surface area contributed by atoms with Crippen LogP contribution in [0.4, 0.5) is 0 Å². The zero-order chi connectivity index (χ0) is 17.6. The lowest BCUT2D eigenvalue weighted by molar-refractivity contribution is -0.118. The number of amides is 1. The van der Waals surface area contributed by atoms with Crippen molar-refractivity contribution in [2.24, 2.45) is 0 Å². The molecular weight excluding hydrogens is 373 g/mol. The lowest BCUT2D eigenvalue weighted by Crippen LogP contribution is -2.24. The third-order valence-corrected chi connectivity index (χ3v) is 5.56. The maximum Gasteiger partial charge on any atom is 0.230 e. The van der Waals surface area contributed by atoms with Crippen LogP contribution in [0.15, 0.2) is 60.7 Å². The van der Waals surface area contributed by atoms with E-state index in [4.69, 9.17) is 23.2 Å². The van der Waals surface area contributed by atoms with Crippen LogP contribution in [-0.2, 0) is 17.1 Å². The highest BCUT2D eigenvalue weighted by atomic mass is 35.5. The van der Waals surface area contributed by atoms with E-state index in [2.05, 4.69) is 23.5 Å². The number of carbonyl (C=O) groups is 1. The summed E-state index contributed by atoms with van der Waals surface area (Å²) in [7, 11) is 0. The molecule has 0 unspecified atom stereocenters. The van der Waals surface area contributed by atoms with Crippen molar-refractivity contribution < 1.29 is 4.79 Å². The third kappa shape index (κ3) is 4.69. The van der Waals surface area contributed by atoms with Gasteiger partial charge in [-0.25, -0.2) is 0 Å². The molecule has 3 aromatic rings. The number of benzene rings is 3. The second-order valence-electron chi connectivity index (χ2n) is 5.61. The molecule has 0 aromatic heterocycles. The number of fused-ring (bicyclic) bond motifs is 1. The summed E-state index contributed by atoms with van der Waals surface area (Å²) < 4.78 is 0. The largest absolute Gasteiger partial charge is 0.351 e. The van der Waals surface area contributed by atoms with Crippen LogP contribution in [0.5, 0.6) is 0 Å². The molecule has 128 valence electrons. The third-order valence-electron chi connectivity index (χ3n) is 3.90. The average molecular weight is 390 g/mol. The molecule has 0 atom stereocenters. The van der Waals surface area contributed by atoms with Crippen LogP contribution in [0, 0.1) is 0 Å². The number of rotatable bonds is 6. The molecule has 3 rings (SSSR count). The van der Waals surface area contributed by atoms with Crippen LogP contribution in [0.3, 0.4) is 0 Å². The highest BCUT2D eigenvalue weighted by molar-refractivity contribution is 7.99. The fraction of sp³-hybridized carbons (Fsp3) is 0.150. The molecule has 5 heteroatoms. The Morgan fingerprint density at radius 3 is 2.40 bits per heavy atom. The van der Waals surface area contributed by atoms with Gasteiger partial charge in [-0.1, -0.05) is 71.7 Å². The smallest absolute Gasteiger partial charge is 0.230 e. The normalized spacial score (nSPS) is 10.8. The minimum absolute atomic E-state index is 0.00103. The molecule has 0 saturated carbocycles. The van der Waals surface area contributed by atoms with Gasteiger partial charge in [0, 0.05) is 22.3 Å². The molecule has 0 saturated heterocycles. The van der Waals surface area contributed by atoms with Gasteiger partial charge in [-0.2, -0.15) is 0 Å². The van der Waals surface area contributed by atoms with Crippen molar-refractivity contribution in [2.75, 3.05) is 5.75 Å². The molecule has 0 radical (unpaired) electrons. The Labute approximate surface area is 161 Å². The SMILES string of the molecule is O=C(CSCc1c(Cl)cccc1Cl)NCc1cccc2ccccc12. The number of thioether (sulfide) groups is 1. The van der Waals surface area contributed by atoms with Crippen LogP contribution < -0.4 is 5.32 Å². The second-order valence-corrected chi connectivity index (χ2v) is 7.41. The van der Waals surface area contributed by atoms with Gasteiger partial charge in [0.05, 0.1) is 5.75 Å². The first-order valence-electron chi connectivity index (χ1n) is 7.89.